The minimum absolute atomic E-state index is 0.0972. The summed E-state index contributed by atoms with van der Waals surface area (Å²) < 4.78 is 4.10. The fraction of sp³-hybridized carbons (Fsp3) is 0.231. The average molecular weight is 300 g/mol. The van der Waals surface area contributed by atoms with Gasteiger partial charge in [-0.1, -0.05) is 0 Å². The number of hydrogen-bond acceptors (Lipinski definition) is 6. The minimum Gasteiger partial charge on any atom is -0.338 e. The van der Waals surface area contributed by atoms with Gasteiger partial charge >= 0.3 is 0 Å². The van der Waals surface area contributed by atoms with E-state index in [-0.39, 0.29) is 5.91 Å². The molecular formula is C13H12N6OS. The molecule has 1 aliphatic heterocycles. The Kier molecular flexibility index (Phi) is 2.81. The van der Waals surface area contributed by atoms with E-state index in [0.29, 0.717) is 18.8 Å². The highest BCUT2D eigenvalue weighted by molar-refractivity contribution is 7.09. The largest absolute Gasteiger partial charge is 0.338 e. The van der Waals surface area contributed by atoms with Crippen LogP contribution in [0.15, 0.2) is 24.7 Å². The SMILES string of the molecule is O=C1CCCN1Nc1ncnc2[nH]c(-c3ccns3)cc12. The van der Waals surface area contributed by atoms with Crippen LogP contribution in [0.3, 0.4) is 0 Å². The van der Waals surface area contributed by atoms with E-state index < -0.39 is 0 Å². The first kappa shape index (κ1) is 12.3. The lowest BCUT2D eigenvalue weighted by molar-refractivity contribution is -0.126. The summed E-state index contributed by atoms with van der Waals surface area (Å²) in [5.74, 6) is 0.738. The third-order valence-corrected chi connectivity index (χ3v) is 4.22. The average Bonchev–Trinajstić information content (AvgIpc) is 3.19. The molecule has 4 heterocycles. The highest BCUT2D eigenvalue weighted by atomic mass is 32.1. The zero-order chi connectivity index (χ0) is 14.2. The highest BCUT2D eigenvalue weighted by Gasteiger charge is 2.21. The number of rotatable bonds is 3. The topological polar surface area (TPSA) is 86.8 Å². The van der Waals surface area contributed by atoms with Crippen LogP contribution >= 0.6 is 11.5 Å². The van der Waals surface area contributed by atoms with Gasteiger partial charge in [0.1, 0.15) is 12.0 Å². The van der Waals surface area contributed by atoms with Crippen LogP contribution in [-0.2, 0) is 4.79 Å². The second-order valence-corrected chi connectivity index (χ2v) is 5.64. The second kappa shape index (κ2) is 4.81. The Bertz CT molecular complexity index is 796. The molecule has 7 nitrogen and oxygen atoms in total. The number of fused-ring (bicyclic) bond motifs is 1. The van der Waals surface area contributed by atoms with Crippen LogP contribution in [0.2, 0.25) is 0 Å². The molecule has 106 valence electrons. The molecule has 1 amide bonds. The summed E-state index contributed by atoms with van der Waals surface area (Å²) in [4.78, 5) is 24.5. The van der Waals surface area contributed by atoms with Gasteiger partial charge in [-0.25, -0.2) is 14.3 Å². The van der Waals surface area contributed by atoms with Gasteiger partial charge in [-0.2, -0.15) is 0 Å². The van der Waals surface area contributed by atoms with Gasteiger partial charge in [0.05, 0.1) is 16.0 Å². The summed E-state index contributed by atoms with van der Waals surface area (Å²) >= 11 is 1.42. The van der Waals surface area contributed by atoms with Crippen molar-refractivity contribution < 1.29 is 4.79 Å². The number of carbonyl (C=O) groups is 1. The fourth-order valence-electron chi connectivity index (χ4n) is 2.41. The third kappa shape index (κ3) is 2.13. The van der Waals surface area contributed by atoms with Gasteiger partial charge in [0.2, 0.25) is 5.91 Å². The van der Waals surface area contributed by atoms with Gasteiger partial charge in [-0.3, -0.25) is 15.2 Å². The fourth-order valence-corrected chi connectivity index (χ4v) is 2.98. The highest BCUT2D eigenvalue weighted by Crippen LogP contribution is 2.28. The third-order valence-electron chi connectivity index (χ3n) is 3.44. The summed E-state index contributed by atoms with van der Waals surface area (Å²) in [6.07, 6.45) is 4.71. The molecule has 4 rings (SSSR count). The molecule has 1 fully saturated rings. The number of carbonyl (C=O) groups excluding carboxylic acids is 1. The molecular weight excluding hydrogens is 288 g/mol. The van der Waals surface area contributed by atoms with Crippen molar-refractivity contribution in [1.29, 1.82) is 0 Å². The maximum atomic E-state index is 11.7. The van der Waals surface area contributed by atoms with Crippen LogP contribution in [-0.4, -0.2) is 36.8 Å². The molecule has 0 radical (unpaired) electrons. The molecule has 0 saturated carbocycles. The van der Waals surface area contributed by atoms with Crippen molar-refractivity contribution in [1.82, 2.24) is 24.3 Å². The summed E-state index contributed by atoms with van der Waals surface area (Å²) in [5.41, 5.74) is 4.78. The monoisotopic (exact) mass is 300 g/mol. The lowest BCUT2D eigenvalue weighted by Gasteiger charge is -2.17. The van der Waals surface area contributed by atoms with E-state index in [0.717, 1.165) is 28.0 Å². The van der Waals surface area contributed by atoms with Crippen LogP contribution in [0.5, 0.6) is 0 Å². The Morgan fingerprint density at radius 3 is 3.10 bits per heavy atom. The number of aromatic nitrogens is 4. The Balaban J connectivity index is 1.74. The molecule has 3 aromatic rings. The summed E-state index contributed by atoms with van der Waals surface area (Å²) in [6, 6.07) is 3.92. The molecule has 3 aromatic heterocycles. The zero-order valence-corrected chi connectivity index (χ0v) is 11.9. The maximum absolute atomic E-state index is 11.7. The number of H-pyrrole nitrogens is 1. The number of amides is 1. The molecule has 1 aliphatic rings. The second-order valence-electron chi connectivity index (χ2n) is 4.80. The number of aromatic amines is 1. The summed E-state index contributed by atoms with van der Waals surface area (Å²) in [7, 11) is 0. The lowest BCUT2D eigenvalue weighted by Crippen LogP contribution is -2.31. The van der Waals surface area contributed by atoms with Crippen LogP contribution in [0.4, 0.5) is 5.82 Å². The van der Waals surface area contributed by atoms with Crippen molar-refractivity contribution in [2.75, 3.05) is 12.0 Å². The van der Waals surface area contributed by atoms with Gasteiger partial charge in [-0.15, -0.1) is 0 Å². The van der Waals surface area contributed by atoms with Crippen LogP contribution in [0.1, 0.15) is 12.8 Å². The quantitative estimate of drug-likeness (QED) is 0.773. The first-order chi connectivity index (χ1) is 10.3. The number of nitrogens with zero attached hydrogens (tertiary/aromatic N) is 4. The molecule has 1 saturated heterocycles. The number of hydrogen-bond donors (Lipinski definition) is 2. The normalized spacial score (nSPS) is 15.0. The van der Waals surface area contributed by atoms with Gasteiger partial charge in [0, 0.05) is 19.2 Å². The number of hydrazine groups is 1. The molecule has 0 aliphatic carbocycles. The van der Waals surface area contributed by atoms with E-state index in [4.69, 9.17) is 0 Å². The Labute approximate surface area is 124 Å². The van der Waals surface area contributed by atoms with E-state index in [1.54, 1.807) is 11.2 Å². The Morgan fingerprint density at radius 1 is 1.38 bits per heavy atom. The molecule has 0 unspecified atom stereocenters. The van der Waals surface area contributed by atoms with Crippen molar-refractivity contribution in [3.63, 3.8) is 0 Å². The standard InChI is InChI=1S/C13H12N6OS/c20-11-2-1-5-19(11)18-13-8-6-9(10-3-4-16-21-10)17-12(8)14-7-15-13/h3-4,6-7H,1-2,5H2,(H2,14,15,17,18). The van der Waals surface area contributed by atoms with Crippen molar-refractivity contribution in [2.45, 2.75) is 12.8 Å². The predicted octanol–water partition coefficient (Wildman–Crippen LogP) is 2.03. The number of anilines is 1. The van der Waals surface area contributed by atoms with Crippen LogP contribution in [0.25, 0.3) is 21.6 Å². The lowest BCUT2D eigenvalue weighted by atomic mass is 10.3. The summed E-state index contributed by atoms with van der Waals surface area (Å²) in [5, 5.41) is 2.47. The zero-order valence-electron chi connectivity index (χ0n) is 11.0. The predicted molar refractivity (Wildman–Crippen MR) is 79.6 cm³/mol. The minimum atomic E-state index is 0.0972. The molecule has 21 heavy (non-hydrogen) atoms. The van der Waals surface area contributed by atoms with Crippen molar-refractivity contribution >= 4 is 34.3 Å². The van der Waals surface area contributed by atoms with Crippen LogP contribution in [0, 0.1) is 0 Å². The molecule has 0 atom stereocenters. The van der Waals surface area contributed by atoms with E-state index in [2.05, 4.69) is 24.8 Å². The molecule has 0 bridgehead atoms. The van der Waals surface area contributed by atoms with Gasteiger partial charge in [-0.05, 0) is 30.1 Å². The number of nitrogens with one attached hydrogen (secondary N) is 2. The summed E-state index contributed by atoms with van der Waals surface area (Å²) in [6.45, 7) is 0.705. The van der Waals surface area contributed by atoms with Crippen molar-refractivity contribution in [3.8, 4) is 10.6 Å². The van der Waals surface area contributed by atoms with E-state index in [1.807, 2.05) is 12.1 Å². The van der Waals surface area contributed by atoms with Gasteiger partial charge in [0.15, 0.2) is 5.82 Å². The van der Waals surface area contributed by atoms with Crippen molar-refractivity contribution in [2.24, 2.45) is 0 Å². The van der Waals surface area contributed by atoms with E-state index in [1.165, 1.54) is 17.9 Å². The van der Waals surface area contributed by atoms with E-state index in [9.17, 15) is 4.79 Å². The van der Waals surface area contributed by atoms with E-state index >= 15 is 0 Å². The van der Waals surface area contributed by atoms with Gasteiger partial charge in [0.25, 0.3) is 0 Å². The van der Waals surface area contributed by atoms with Crippen molar-refractivity contribution in [3.05, 3.63) is 24.7 Å². The smallest absolute Gasteiger partial charge is 0.241 e. The van der Waals surface area contributed by atoms with Crippen LogP contribution < -0.4 is 5.43 Å². The molecule has 8 heteroatoms. The van der Waals surface area contributed by atoms with Gasteiger partial charge < -0.3 is 4.98 Å². The maximum Gasteiger partial charge on any atom is 0.241 e. The molecule has 0 spiro atoms. The Morgan fingerprint density at radius 2 is 2.33 bits per heavy atom. The first-order valence-electron chi connectivity index (χ1n) is 6.63. The first-order valence-corrected chi connectivity index (χ1v) is 7.40. The molecule has 2 N–H and O–H groups in total. The molecule has 0 aromatic carbocycles. The Hall–Kier alpha value is -2.48.